The molecule has 0 radical (unpaired) electrons. The molecule has 16 heavy (non-hydrogen) atoms. The molecule has 1 rings (SSSR count). The molecule has 1 aromatic rings. The van der Waals surface area contributed by atoms with E-state index in [9.17, 15) is 4.39 Å². The van der Waals surface area contributed by atoms with Crippen molar-refractivity contribution < 1.29 is 9.13 Å². The summed E-state index contributed by atoms with van der Waals surface area (Å²) in [4.78, 5) is 0. The lowest BCUT2D eigenvalue weighted by molar-refractivity contribution is 0.253. The Hall–Kier alpha value is -0.220. The highest BCUT2D eigenvalue weighted by molar-refractivity contribution is 9.10. The van der Waals surface area contributed by atoms with E-state index in [-0.39, 0.29) is 5.82 Å². The van der Waals surface area contributed by atoms with Crippen molar-refractivity contribution in [3.63, 3.8) is 0 Å². The molecule has 0 saturated heterocycles. The molecule has 0 saturated carbocycles. The van der Waals surface area contributed by atoms with Gasteiger partial charge in [0, 0.05) is 16.5 Å². The van der Waals surface area contributed by atoms with E-state index >= 15 is 0 Å². The number of rotatable bonds is 6. The van der Waals surface area contributed by atoms with Gasteiger partial charge in [0.05, 0.1) is 6.61 Å². The maximum Gasteiger partial charge on any atom is 0.128 e. The summed E-state index contributed by atoms with van der Waals surface area (Å²) in [5.41, 5.74) is 0. The highest BCUT2D eigenvalue weighted by Gasteiger charge is 2.07. The molecule has 0 aliphatic carbocycles. The van der Waals surface area contributed by atoms with Gasteiger partial charge in [-0.1, -0.05) is 29.3 Å². The van der Waals surface area contributed by atoms with Crippen LogP contribution in [0, 0.1) is 11.7 Å². The Bertz CT molecular complexity index is 313. The Labute approximate surface area is 110 Å². The largest absolute Gasteiger partial charge is 0.493 e. The Morgan fingerprint density at radius 2 is 2.19 bits per heavy atom. The first kappa shape index (κ1) is 13.8. The molecule has 0 spiro atoms. The topological polar surface area (TPSA) is 9.23 Å². The van der Waals surface area contributed by atoms with Crippen LogP contribution in [0.3, 0.4) is 0 Å². The van der Waals surface area contributed by atoms with E-state index in [4.69, 9.17) is 4.74 Å². The Kier molecular flexibility index (Phi) is 6.21. The molecule has 4 heteroatoms. The van der Waals surface area contributed by atoms with Crippen LogP contribution < -0.4 is 4.74 Å². The predicted molar refractivity (Wildman–Crippen MR) is 71.8 cm³/mol. The van der Waals surface area contributed by atoms with Crippen molar-refractivity contribution in [3.05, 3.63) is 28.5 Å². The summed E-state index contributed by atoms with van der Waals surface area (Å²) in [6, 6.07) is 4.58. The van der Waals surface area contributed by atoms with Crippen molar-refractivity contribution in [3.8, 4) is 5.75 Å². The van der Waals surface area contributed by atoms with Crippen molar-refractivity contribution in [1.29, 1.82) is 0 Å². The van der Waals surface area contributed by atoms with Crippen LogP contribution in [-0.4, -0.2) is 12.4 Å². The summed E-state index contributed by atoms with van der Waals surface area (Å²) in [6.07, 6.45) is 2.20. The van der Waals surface area contributed by atoms with Crippen LogP contribution in [-0.2, 0) is 0 Å². The quantitative estimate of drug-likeness (QED) is 0.770. The molecule has 1 unspecified atom stereocenters. The number of benzene rings is 1. The first-order valence-corrected chi connectivity index (χ1v) is 6.78. The van der Waals surface area contributed by atoms with E-state index in [0.717, 1.165) is 18.6 Å². The average Bonchev–Trinajstić information content (AvgIpc) is 2.23. The van der Waals surface area contributed by atoms with E-state index in [2.05, 4.69) is 35.5 Å². The molecular weight excluding hydrogens is 291 g/mol. The van der Waals surface area contributed by atoms with Crippen LogP contribution in [0.5, 0.6) is 5.75 Å². The summed E-state index contributed by atoms with van der Waals surface area (Å²) in [7, 11) is 0. The van der Waals surface area contributed by atoms with Gasteiger partial charge in [-0.05, 0) is 24.3 Å². The van der Waals surface area contributed by atoms with Crippen molar-refractivity contribution in [2.75, 3.05) is 12.4 Å². The van der Waals surface area contributed by atoms with Crippen LogP contribution in [0.2, 0.25) is 0 Å². The summed E-state index contributed by atoms with van der Waals surface area (Å²) < 4.78 is 19.3. The van der Waals surface area contributed by atoms with Gasteiger partial charge in [0.15, 0.2) is 0 Å². The van der Waals surface area contributed by atoms with Gasteiger partial charge in [-0.15, -0.1) is 0 Å². The summed E-state index contributed by atoms with van der Waals surface area (Å²) in [5, 5.41) is 0. The average molecular weight is 307 g/mol. The minimum Gasteiger partial charge on any atom is -0.493 e. The van der Waals surface area contributed by atoms with Gasteiger partial charge in [0.25, 0.3) is 0 Å². The monoisotopic (exact) mass is 306 g/mol. The first-order chi connectivity index (χ1) is 7.65. The fourth-order valence-electron chi connectivity index (χ4n) is 1.46. The first-order valence-electron chi connectivity index (χ1n) is 5.35. The Balaban J connectivity index is 2.52. The van der Waals surface area contributed by atoms with Gasteiger partial charge in [-0.25, -0.2) is 4.39 Å². The molecule has 0 aliphatic rings. The molecule has 1 aromatic carbocycles. The molecule has 90 valence electrons. The summed E-state index contributed by atoms with van der Waals surface area (Å²) in [5.74, 6) is 1.50. The van der Waals surface area contributed by atoms with E-state index in [1.165, 1.54) is 12.1 Å². The fraction of sp³-hybridized carbons (Fsp3) is 0.500. The lowest BCUT2D eigenvalue weighted by atomic mass is 10.1. The van der Waals surface area contributed by atoms with Crippen molar-refractivity contribution in [2.24, 2.45) is 5.92 Å². The standard InChI is InChI=1S/C12H16BrFOS/c1-2-3-9(8-16)7-15-12-5-10(13)4-11(14)6-12/h4-6,9,16H,2-3,7-8H2,1H3. The minimum atomic E-state index is -0.290. The van der Waals surface area contributed by atoms with Crippen LogP contribution in [0.4, 0.5) is 4.39 Å². The van der Waals surface area contributed by atoms with Gasteiger partial charge < -0.3 is 4.74 Å². The highest BCUT2D eigenvalue weighted by Crippen LogP contribution is 2.21. The second-order valence-electron chi connectivity index (χ2n) is 3.75. The third-order valence-corrected chi connectivity index (χ3v) is 3.25. The SMILES string of the molecule is CCCC(CS)COc1cc(F)cc(Br)c1. The van der Waals surface area contributed by atoms with Crippen molar-refractivity contribution in [2.45, 2.75) is 19.8 Å². The van der Waals surface area contributed by atoms with Crippen LogP contribution >= 0.6 is 28.6 Å². The molecule has 1 nitrogen and oxygen atoms in total. The Morgan fingerprint density at radius 1 is 1.44 bits per heavy atom. The predicted octanol–water partition coefficient (Wildman–Crippen LogP) is 4.31. The number of hydrogen-bond acceptors (Lipinski definition) is 2. The zero-order chi connectivity index (χ0) is 12.0. The Morgan fingerprint density at radius 3 is 2.75 bits per heavy atom. The molecule has 0 aliphatic heterocycles. The molecule has 0 fully saturated rings. The van der Waals surface area contributed by atoms with Crippen LogP contribution in [0.25, 0.3) is 0 Å². The van der Waals surface area contributed by atoms with Gasteiger partial charge in [0.2, 0.25) is 0 Å². The minimum absolute atomic E-state index is 0.290. The van der Waals surface area contributed by atoms with Gasteiger partial charge in [0.1, 0.15) is 11.6 Å². The molecule has 0 bridgehead atoms. The third kappa shape index (κ3) is 4.74. The smallest absolute Gasteiger partial charge is 0.128 e. The lowest BCUT2D eigenvalue weighted by Gasteiger charge is -2.14. The zero-order valence-electron chi connectivity index (χ0n) is 9.25. The zero-order valence-corrected chi connectivity index (χ0v) is 11.7. The maximum absolute atomic E-state index is 13.1. The third-order valence-electron chi connectivity index (χ3n) is 2.28. The molecule has 0 amide bonds. The summed E-state index contributed by atoms with van der Waals surface area (Å²) >= 11 is 7.51. The molecule has 0 aromatic heterocycles. The molecule has 0 N–H and O–H groups in total. The fourth-order valence-corrected chi connectivity index (χ4v) is 2.19. The summed E-state index contributed by atoms with van der Waals surface area (Å²) in [6.45, 7) is 2.72. The van der Waals surface area contributed by atoms with E-state index in [0.29, 0.717) is 22.7 Å². The van der Waals surface area contributed by atoms with Crippen LogP contribution in [0.15, 0.2) is 22.7 Å². The van der Waals surface area contributed by atoms with E-state index in [1.54, 1.807) is 6.07 Å². The normalized spacial score (nSPS) is 12.5. The number of halogens is 2. The second kappa shape index (κ2) is 7.17. The molecular formula is C12H16BrFOS. The van der Waals surface area contributed by atoms with Crippen LogP contribution in [0.1, 0.15) is 19.8 Å². The number of hydrogen-bond donors (Lipinski definition) is 1. The van der Waals surface area contributed by atoms with Gasteiger partial charge in [-0.3, -0.25) is 0 Å². The molecule has 1 atom stereocenters. The maximum atomic E-state index is 13.1. The number of thiol groups is 1. The van der Waals surface area contributed by atoms with Crippen molar-refractivity contribution in [1.82, 2.24) is 0 Å². The van der Waals surface area contributed by atoms with Crippen molar-refractivity contribution >= 4 is 28.6 Å². The van der Waals surface area contributed by atoms with Gasteiger partial charge >= 0.3 is 0 Å². The lowest BCUT2D eigenvalue weighted by Crippen LogP contribution is -2.13. The van der Waals surface area contributed by atoms with E-state index in [1.807, 2.05) is 0 Å². The number of ether oxygens (including phenoxy) is 1. The van der Waals surface area contributed by atoms with E-state index < -0.39 is 0 Å². The second-order valence-corrected chi connectivity index (χ2v) is 5.03. The highest BCUT2D eigenvalue weighted by atomic mass is 79.9. The van der Waals surface area contributed by atoms with Gasteiger partial charge in [-0.2, -0.15) is 12.6 Å². The molecule has 0 heterocycles.